The van der Waals surface area contributed by atoms with Crippen LogP contribution in [0, 0.1) is 6.92 Å². The number of aryl methyl sites for hydroxylation is 1. The molecule has 1 fully saturated rings. The molecule has 0 spiro atoms. The number of hydrogen-bond acceptors (Lipinski definition) is 2. The van der Waals surface area contributed by atoms with E-state index in [9.17, 15) is 9.59 Å². The van der Waals surface area contributed by atoms with Crippen LogP contribution < -0.4 is 5.32 Å². The Balaban J connectivity index is 2.05. The van der Waals surface area contributed by atoms with Gasteiger partial charge in [-0.25, -0.2) is 4.79 Å². The van der Waals surface area contributed by atoms with Gasteiger partial charge in [-0.2, -0.15) is 0 Å². The van der Waals surface area contributed by atoms with Crippen LogP contribution in [0.25, 0.3) is 0 Å². The smallest absolute Gasteiger partial charge is 0.322 e. The number of halogens is 1. The number of rotatable bonds is 3. The van der Waals surface area contributed by atoms with Crippen LogP contribution in [-0.2, 0) is 4.79 Å². The quantitative estimate of drug-likeness (QED) is 0.887. The van der Waals surface area contributed by atoms with Gasteiger partial charge in [-0.3, -0.25) is 4.79 Å². The van der Waals surface area contributed by atoms with Gasteiger partial charge in [-0.1, -0.05) is 15.9 Å². The zero-order valence-electron chi connectivity index (χ0n) is 11.2. The third kappa shape index (κ3) is 3.72. The molecule has 2 amide bonds. The molecule has 0 radical (unpaired) electrons. The average Bonchev–Trinajstić information content (AvgIpc) is 2.74. The van der Waals surface area contributed by atoms with E-state index in [0.29, 0.717) is 12.2 Å². The molecule has 1 saturated heterocycles. The second kappa shape index (κ2) is 6.26. The third-order valence-electron chi connectivity index (χ3n) is 3.34. The van der Waals surface area contributed by atoms with Gasteiger partial charge in [0, 0.05) is 22.7 Å². The Bertz CT molecular complexity index is 513. The number of nitrogens with zero attached hydrogens (tertiary/aromatic N) is 1. The van der Waals surface area contributed by atoms with E-state index in [4.69, 9.17) is 5.11 Å². The summed E-state index contributed by atoms with van der Waals surface area (Å²) in [6, 6.07) is 5.23. The molecule has 1 aromatic rings. The molecule has 0 saturated carbocycles. The van der Waals surface area contributed by atoms with Crippen molar-refractivity contribution in [3.05, 3.63) is 28.2 Å². The highest BCUT2D eigenvalue weighted by molar-refractivity contribution is 9.10. The summed E-state index contributed by atoms with van der Waals surface area (Å²) in [6.07, 6.45) is 1.60. The molecule has 1 atom stereocenters. The highest BCUT2D eigenvalue weighted by Gasteiger charge is 2.30. The first-order chi connectivity index (χ1) is 9.45. The Labute approximate surface area is 126 Å². The number of hydrogen-bond donors (Lipinski definition) is 2. The second-order valence-corrected chi connectivity index (χ2v) is 5.95. The largest absolute Gasteiger partial charge is 0.481 e. The van der Waals surface area contributed by atoms with Gasteiger partial charge in [0.1, 0.15) is 0 Å². The van der Waals surface area contributed by atoms with Gasteiger partial charge < -0.3 is 15.3 Å². The van der Waals surface area contributed by atoms with Gasteiger partial charge in [0.15, 0.2) is 0 Å². The minimum Gasteiger partial charge on any atom is -0.481 e. The third-order valence-corrected chi connectivity index (χ3v) is 3.80. The molecule has 1 aliphatic rings. The zero-order valence-corrected chi connectivity index (χ0v) is 12.8. The number of benzene rings is 1. The van der Waals surface area contributed by atoms with Crippen molar-refractivity contribution in [2.45, 2.75) is 32.2 Å². The molecular weight excluding hydrogens is 324 g/mol. The summed E-state index contributed by atoms with van der Waals surface area (Å²) in [7, 11) is 0. The maximum atomic E-state index is 12.2. The standard InChI is InChI=1S/C14H17BrN2O3/c1-9-5-10(15)7-11(6-9)16-14(20)17-4-2-3-12(17)8-13(18)19/h5-7,12H,2-4,8H2,1H3,(H,16,20)(H,18,19). The molecule has 6 heteroatoms. The fourth-order valence-electron chi connectivity index (χ4n) is 2.52. The van der Waals surface area contributed by atoms with E-state index >= 15 is 0 Å². The van der Waals surface area contributed by atoms with Crippen LogP contribution in [0.2, 0.25) is 0 Å². The van der Waals surface area contributed by atoms with Crippen LogP contribution in [0.4, 0.5) is 10.5 Å². The predicted molar refractivity (Wildman–Crippen MR) is 79.9 cm³/mol. The van der Waals surface area contributed by atoms with Gasteiger partial charge >= 0.3 is 12.0 Å². The molecule has 0 bridgehead atoms. The average molecular weight is 341 g/mol. The number of nitrogens with one attached hydrogen (secondary N) is 1. The molecule has 5 nitrogen and oxygen atoms in total. The highest BCUT2D eigenvalue weighted by atomic mass is 79.9. The van der Waals surface area contributed by atoms with Crippen LogP contribution >= 0.6 is 15.9 Å². The predicted octanol–water partition coefficient (Wildman–Crippen LogP) is 3.23. The van der Waals surface area contributed by atoms with E-state index in [1.165, 1.54) is 0 Å². The molecule has 1 aliphatic heterocycles. The number of likely N-dealkylation sites (tertiary alicyclic amines) is 1. The lowest BCUT2D eigenvalue weighted by atomic mass is 10.1. The van der Waals surface area contributed by atoms with Crippen molar-refractivity contribution in [3.63, 3.8) is 0 Å². The number of amides is 2. The monoisotopic (exact) mass is 340 g/mol. The first-order valence-corrected chi connectivity index (χ1v) is 7.31. The second-order valence-electron chi connectivity index (χ2n) is 5.03. The van der Waals surface area contributed by atoms with Crippen molar-refractivity contribution >= 4 is 33.6 Å². The van der Waals surface area contributed by atoms with E-state index in [2.05, 4.69) is 21.2 Å². The minimum absolute atomic E-state index is 0.00489. The summed E-state index contributed by atoms with van der Waals surface area (Å²) in [5, 5.41) is 11.7. The topological polar surface area (TPSA) is 69.6 Å². The van der Waals surface area contributed by atoms with Crippen LogP contribution in [0.5, 0.6) is 0 Å². The van der Waals surface area contributed by atoms with Crippen molar-refractivity contribution in [2.75, 3.05) is 11.9 Å². The molecule has 2 N–H and O–H groups in total. The lowest BCUT2D eigenvalue weighted by molar-refractivity contribution is -0.137. The number of urea groups is 1. The summed E-state index contributed by atoms with van der Waals surface area (Å²) in [4.78, 5) is 24.7. The maximum Gasteiger partial charge on any atom is 0.322 e. The molecular formula is C14H17BrN2O3. The number of carboxylic acids is 1. The van der Waals surface area contributed by atoms with E-state index in [0.717, 1.165) is 22.9 Å². The summed E-state index contributed by atoms with van der Waals surface area (Å²) < 4.78 is 0.899. The number of aliphatic carboxylic acids is 1. The first kappa shape index (κ1) is 14.8. The van der Waals surface area contributed by atoms with Crippen LogP contribution in [-0.4, -0.2) is 34.6 Å². The molecule has 1 heterocycles. The van der Waals surface area contributed by atoms with Crippen molar-refractivity contribution in [1.29, 1.82) is 0 Å². The molecule has 20 heavy (non-hydrogen) atoms. The molecule has 0 aliphatic carbocycles. The maximum absolute atomic E-state index is 12.2. The summed E-state index contributed by atoms with van der Waals surface area (Å²) in [5.74, 6) is -0.868. The van der Waals surface area contributed by atoms with Gasteiger partial charge in [0.2, 0.25) is 0 Å². The Morgan fingerprint density at radius 2 is 2.20 bits per heavy atom. The summed E-state index contributed by atoms with van der Waals surface area (Å²) >= 11 is 3.39. The highest BCUT2D eigenvalue weighted by Crippen LogP contribution is 2.23. The number of carbonyl (C=O) groups is 2. The Morgan fingerprint density at radius 3 is 2.85 bits per heavy atom. The lowest BCUT2D eigenvalue weighted by Gasteiger charge is -2.24. The van der Waals surface area contributed by atoms with Crippen molar-refractivity contribution in [1.82, 2.24) is 4.90 Å². The van der Waals surface area contributed by atoms with Gasteiger partial charge in [-0.05, 0) is 43.5 Å². The normalized spacial score (nSPS) is 18.1. The SMILES string of the molecule is Cc1cc(Br)cc(NC(=O)N2CCCC2CC(=O)O)c1. The number of anilines is 1. The zero-order chi connectivity index (χ0) is 14.7. The molecule has 0 aromatic heterocycles. The fourth-order valence-corrected chi connectivity index (χ4v) is 3.13. The van der Waals surface area contributed by atoms with Gasteiger partial charge in [0.05, 0.1) is 6.42 Å². The van der Waals surface area contributed by atoms with Crippen molar-refractivity contribution in [2.24, 2.45) is 0 Å². The molecule has 1 unspecified atom stereocenters. The van der Waals surface area contributed by atoms with Crippen molar-refractivity contribution < 1.29 is 14.7 Å². The molecule has 1 aromatic carbocycles. The summed E-state index contributed by atoms with van der Waals surface area (Å²) in [6.45, 7) is 2.56. The molecule has 2 rings (SSSR count). The van der Waals surface area contributed by atoms with E-state index in [1.807, 2.05) is 25.1 Å². The lowest BCUT2D eigenvalue weighted by Crippen LogP contribution is -2.39. The number of carboxylic acid groups (broad SMARTS) is 1. The first-order valence-electron chi connectivity index (χ1n) is 6.52. The minimum atomic E-state index is -0.868. The van der Waals surface area contributed by atoms with Crippen LogP contribution in [0.15, 0.2) is 22.7 Å². The fraction of sp³-hybridized carbons (Fsp3) is 0.429. The number of carbonyl (C=O) groups excluding carboxylic acids is 1. The Kier molecular flexibility index (Phi) is 4.65. The van der Waals surface area contributed by atoms with E-state index in [-0.39, 0.29) is 18.5 Å². The Hall–Kier alpha value is -1.56. The van der Waals surface area contributed by atoms with Gasteiger partial charge in [-0.15, -0.1) is 0 Å². The molecule has 108 valence electrons. The van der Waals surface area contributed by atoms with Gasteiger partial charge in [0.25, 0.3) is 0 Å². The summed E-state index contributed by atoms with van der Waals surface area (Å²) in [5.41, 5.74) is 1.75. The van der Waals surface area contributed by atoms with Crippen LogP contribution in [0.3, 0.4) is 0 Å². The van der Waals surface area contributed by atoms with E-state index < -0.39 is 5.97 Å². The van der Waals surface area contributed by atoms with Crippen molar-refractivity contribution in [3.8, 4) is 0 Å². The van der Waals surface area contributed by atoms with Crippen LogP contribution in [0.1, 0.15) is 24.8 Å². The Morgan fingerprint density at radius 1 is 1.45 bits per heavy atom. The van der Waals surface area contributed by atoms with E-state index in [1.54, 1.807) is 4.90 Å².